The van der Waals surface area contributed by atoms with Crippen LogP contribution in [0.2, 0.25) is 0 Å². The third-order valence-corrected chi connectivity index (χ3v) is 5.58. The minimum absolute atomic E-state index is 0.0395. The topological polar surface area (TPSA) is 25.2 Å². The summed E-state index contributed by atoms with van der Waals surface area (Å²) < 4.78 is 15.7. The molecular weight excluding hydrogens is 387 g/mol. The highest BCUT2D eigenvalue weighted by atomic mass is 19.1. The molecular formula is C27H27FN2O. The van der Waals surface area contributed by atoms with E-state index in [-0.39, 0.29) is 11.7 Å². The fraction of sp³-hybridized carbons (Fsp3) is 0.222. The lowest BCUT2D eigenvalue weighted by molar-refractivity contribution is 0.0737. The highest BCUT2D eigenvalue weighted by molar-refractivity contribution is 5.98. The van der Waals surface area contributed by atoms with Crippen LogP contribution in [0.4, 0.5) is 4.39 Å². The minimum Gasteiger partial charge on any atom is -0.345 e. The van der Waals surface area contributed by atoms with Gasteiger partial charge in [0, 0.05) is 30.5 Å². The predicted octanol–water partition coefficient (Wildman–Crippen LogP) is 6.27. The first kappa shape index (κ1) is 20.9. The van der Waals surface area contributed by atoms with Crippen molar-refractivity contribution < 1.29 is 9.18 Å². The van der Waals surface area contributed by atoms with Crippen LogP contribution in [0.5, 0.6) is 0 Å². The molecule has 0 atom stereocenters. The number of aromatic nitrogens is 1. The van der Waals surface area contributed by atoms with Crippen LogP contribution in [0.25, 0.3) is 10.8 Å². The van der Waals surface area contributed by atoms with Gasteiger partial charge < -0.3 is 9.47 Å². The number of amides is 1. The van der Waals surface area contributed by atoms with Gasteiger partial charge in [0.05, 0.1) is 6.54 Å². The van der Waals surface area contributed by atoms with Gasteiger partial charge in [0.1, 0.15) is 5.82 Å². The van der Waals surface area contributed by atoms with E-state index in [9.17, 15) is 9.18 Å². The van der Waals surface area contributed by atoms with Crippen molar-refractivity contribution in [2.45, 2.75) is 32.9 Å². The summed E-state index contributed by atoms with van der Waals surface area (Å²) in [4.78, 5) is 15.3. The molecule has 0 aliphatic rings. The van der Waals surface area contributed by atoms with E-state index < -0.39 is 0 Å². The van der Waals surface area contributed by atoms with Crippen LogP contribution < -0.4 is 0 Å². The summed E-state index contributed by atoms with van der Waals surface area (Å²) in [6.45, 7) is 3.93. The average molecular weight is 415 g/mol. The molecule has 4 heteroatoms. The van der Waals surface area contributed by atoms with Gasteiger partial charge in [-0.2, -0.15) is 0 Å². The molecule has 4 rings (SSSR count). The van der Waals surface area contributed by atoms with Gasteiger partial charge in [0.2, 0.25) is 0 Å². The quantitative estimate of drug-likeness (QED) is 0.333. The second-order valence-corrected chi connectivity index (χ2v) is 7.90. The van der Waals surface area contributed by atoms with Crippen LogP contribution in [0.3, 0.4) is 0 Å². The van der Waals surface area contributed by atoms with Gasteiger partial charge in [-0.1, -0.05) is 55.8 Å². The van der Waals surface area contributed by atoms with Crippen LogP contribution in [-0.4, -0.2) is 21.9 Å². The van der Waals surface area contributed by atoms with Crippen molar-refractivity contribution in [3.8, 4) is 0 Å². The Kier molecular flexibility index (Phi) is 6.46. The fourth-order valence-corrected chi connectivity index (χ4v) is 3.88. The number of hydrogen-bond acceptors (Lipinski definition) is 1. The van der Waals surface area contributed by atoms with Gasteiger partial charge in [0.15, 0.2) is 0 Å². The summed E-state index contributed by atoms with van der Waals surface area (Å²) in [7, 11) is 0. The molecule has 1 heterocycles. The normalized spacial score (nSPS) is 11.0. The Labute approximate surface area is 182 Å². The molecule has 0 aliphatic heterocycles. The van der Waals surface area contributed by atoms with Gasteiger partial charge in [-0.25, -0.2) is 4.39 Å². The molecule has 0 radical (unpaired) electrons. The Morgan fingerprint density at radius 1 is 0.935 bits per heavy atom. The molecule has 0 spiro atoms. The summed E-state index contributed by atoms with van der Waals surface area (Å²) >= 11 is 0. The number of benzene rings is 3. The van der Waals surface area contributed by atoms with E-state index in [1.165, 1.54) is 6.07 Å². The lowest BCUT2D eigenvalue weighted by atomic mass is 10.1. The standard InChI is InChI=1S/C27H27FN2O/c1-2-3-15-30(27(31)24-14-13-22-9-4-5-10-23(22)18-24)20-26-12-7-16-29(26)19-21-8-6-11-25(28)17-21/h4-14,16-18H,2-3,15,19-20H2,1H3. The van der Waals surface area contributed by atoms with Crippen molar-refractivity contribution in [3.63, 3.8) is 0 Å². The van der Waals surface area contributed by atoms with Gasteiger partial charge in [-0.3, -0.25) is 4.79 Å². The van der Waals surface area contributed by atoms with Crippen LogP contribution in [0.1, 0.15) is 41.4 Å². The molecule has 0 saturated heterocycles. The van der Waals surface area contributed by atoms with E-state index in [0.717, 1.165) is 34.9 Å². The molecule has 0 N–H and O–H groups in total. The maximum absolute atomic E-state index is 13.6. The Morgan fingerprint density at radius 2 is 1.77 bits per heavy atom. The largest absolute Gasteiger partial charge is 0.345 e. The van der Waals surface area contributed by atoms with Crippen molar-refractivity contribution in [2.24, 2.45) is 0 Å². The van der Waals surface area contributed by atoms with Crippen molar-refractivity contribution in [2.75, 3.05) is 6.54 Å². The summed E-state index contributed by atoms with van der Waals surface area (Å²) in [6, 6.07) is 24.6. The highest BCUT2D eigenvalue weighted by Gasteiger charge is 2.18. The van der Waals surface area contributed by atoms with E-state index in [4.69, 9.17) is 0 Å². The zero-order valence-corrected chi connectivity index (χ0v) is 17.8. The first-order valence-electron chi connectivity index (χ1n) is 10.8. The summed E-state index contributed by atoms with van der Waals surface area (Å²) in [5, 5.41) is 2.20. The molecule has 1 amide bonds. The molecule has 3 nitrogen and oxygen atoms in total. The van der Waals surface area contributed by atoms with Crippen LogP contribution in [-0.2, 0) is 13.1 Å². The van der Waals surface area contributed by atoms with Crippen molar-refractivity contribution in [1.82, 2.24) is 9.47 Å². The van der Waals surface area contributed by atoms with Crippen molar-refractivity contribution >= 4 is 16.7 Å². The molecule has 0 bridgehead atoms. The smallest absolute Gasteiger partial charge is 0.254 e. The summed E-state index contributed by atoms with van der Waals surface area (Å²) in [6.07, 6.45) is 3.95. The zero-order chi connectivity index (χ0) is 21.6. The Bertz CT molecular complexity index is 1180. The number of halogens is 1. The molecule has 0 fully saturated rings. The first-order chi connectivity index (χ1) is 15.1. The molecule has 158 valence electrons. The monoisotopic (exact) mass is 414 g/mol. The molecule has 0 aliphatic carbocycles. The maximum Gasteiger partial charge on any atom is 0.254 e. The lowest BCUT2D eigenvalue weighted by Gasteiger charge is -2.24. The Balaban J connectivity index is 1.57. The number of hydrogen-bond donors (Lipinski definition) is 0. The van der Waals surface area contributed by atoms with Crippen molar-refractivity contribution in [1.29, 1.82) is 0 Å². The Hall–Kier alpha value is -3.40. The predicted molar refractivity (Wildman–Crippen MR) is 124 cm³/mol. The van der Waals surface area contributed by atoms with E-state index in [0.29, 0.717) is 25.2 Å². The summed E-state index contributed by atoms with van der Waals surface area (Å²) in [5.74, 6) is -0.194. The molecule has 3 aromatic carbocycles. The number of rotatable bonds is 8. The summed E-state index contributed by atoms with van der Waals surface area (Å²) in [5.41, 5.74) is 2.64. The Morgan fingerprint density at radius 3 is 2.58 bits per heavy atom. The van der Waals surface area contributed by atoms with Crippen LogP contribution in [0.15, 0.2) is 85.1 Å². The molecule has 1 aromatic heterocycles. The number of unbranched alkanes of at least 4 members (excludes halogenated alkanes) is 1. The molecule has 4 aromatic rings. The van der Waals surface area contributed by atoms with E-state index in [1.54, 1.807) is 12.1 Å². The zero-order valence-electron chi connectivity index (χ0n) is 17.8. The van der Waals surface area contributed by atoms with Crippen LogP contribution >= 0.6 is 0 Å². The maximum atomic E-state index is 13.6. The third kappa shape index (κ3) is 5.02. The SMILES string of the molecule is CCCCN(Cc1cccn1Cc1cccc(F)c1)C(=O)c1ccc2ccccc2c1. The van der Waals surface area contributed by atoms with Gasteiger partial charge in [-0.05, 0) is 59.2 Å². The minimum atomic E-state index is -0.234. The number of fused-ring (bicyclic) bond motifs is 1. The van der Waals surface area contributed by atoms with Gasteiger partial charge in [0.25, 0.3) is 5.91 Å². The van der Waals surface area contributed by atoms with E-state index in [1.807, 2.05) is 65.7 Å². The van der Waals surface area contributed by atoms with Crippen molar-refractivity contribution in [3.05, 3.63) is 108 Å². The number of nitrogens with zero attached hydrogens (tertiary/aromatic N) is 2. The number of carbonyl (C=O) groups is 1. The highest BCUT2D eigenvalue weighted by Crippen LogP contribution is 2.19. The first-order valence-corrected chi connectivity index (χ1v) is 10.8. The molecule has 0 saturated carbocycles. The average Bonchev–Trinajstić information content (AvgIpc) is 3.22. The lowest BCUT2D eigenvalue weighted by Crippen LogP contribution is -2.32. The second-order valence-electron chi connectivity index (χ2n) is 7.90. The molecule has 0 unspecified atom stereocenters. The van der Waals surface area contributed by atoms with Crippen LogP contribution in [0, 0.1) is 5.82 Å². The molecule has 31 heavy (non-hydrogen) atoms. The van der Waals surface area contributed by atoms with Gasteiger partial charge >= 0.3 is 0 Å². The fourth-order valence-electron chi connectivity index (χ4n) is 3.88. The second kappa shape index (κ2) is 9.61. The van der Waals surface area contributed by atoms with E-state index >= 15 is 0 Å². The number of carbonyl (C=O) groups excluding carboxylic acids is 1. The third-order valence-electron chi connectivity index (χ3n) is 5.58. The van der Waals surface area contributed by atoms with Gasteiger partial charge in [-0.15, -0.1) is 0 Å². The van der Waals surface area contributed by atoms with E-state index in [2.05, 4.69) is 17.6 Å².